The SMILES string of the molecule is CC.CC.CF.c1ccc(CC2CCNCC2)cc1. The number of piperidine rings is 1. The van der Waals surface area contributed by atoms with Crippen molar-refractivity contribution in [1.29, 1.82) is 0 Å². The standard InChI is InChI=1S/C12H17N.2C2H6.CH3F/c1-2-4-11(5-3-1)10-12-6-8-13-9-7-12;3*1-2/h1-5,12-13H,6-10H2;2*1-2H3;1H3. The van der Waals surface area contributed by atoms with Crippen LogP contribution in [0.1, 0.15) is 46.1 Å². The highest BCUT2D eigenvalue weighted by molar-refractivity contribution is 5.15. The Bertz CT molecular complexity index is 243. The lowest BCUT2D eigenvalue weighted by Crippen LogP contribution is -2.28. The van der Waals surface area contributed by atoms with Crippen LogP contribution in [0, 0.1) is 5.92 Å². The van der Waals surface area contributed by atoms with Crippen LogP contribution in [0.25, 0.3) is 0 Å². The lowest BCUT2D eigenvalue weighted by Gasteiger charge is -2.22. The van der Waals surface area contributed by atoms with E-state index in [1.807, 2.05) is 27.7 Å². The van der Waals surface area contributed by atoms with E-state index in [1.165, 1.54) is 37.9 Å². The lowest BCUT2D eigenvalue weighted by atomic mass is 9.91. The molecule has 1 aliphatic rings. The monoisotopic (exact) mass is 269 g/mol. The Morgan fingerprint density at radius 3 is 1.89 bits per heavy atom. The molecular weight excluding hydrogens is 237 g/mol. The summed E-state index contributed by atoms with van der Waals surface area (Å²) in [5, 5.41) is 3.40. The quantitative estimate of drug-likeness (QED) is 0.808. The maximum Gasteiger partial charge on any atom is 0.0785 e. The van der Waals surface area contributed by atoms with Crippen molar-refractivity contribution >= 4 is 0 Å². The van der Waals surface area contributed by atoms with Gasteiger partial charge in [0.15, 0.2) is 0 Å². The Morgan fingerprint density at radius 1 is 0.947 bits per heavy atom. The van der Waals surface area contributed by atoms with Crippen LogP contribution in [0.2, 0.25) is 0 Å². The molecule has 0 unspecified atom stereocenters. The van der Waals surface area contributed by atoms with E-state index in [1.54, 1.807) is 0 Å². The van der Waals surface area contributed by atoms with Crippen molar-refractivity contribution in [2.75, 3.05) is 20.3 Å². The fraction of sp³-hybridized carbons (Fsp3) is 0.647. The van der Waals surface area contributed by atoms with Gasteiger partial charge in [0.25, 0.3) is 0 Å². The summed E-state index contributed by atoms with van der Waals surface area (Å²) in [6, 6.07) is 10.8. The zero-order valence-corrected chi connectivity index (χ0v) is 13.4. The second-order valence-corrected chi connectivity index (χ2v) is 3.88. The fourth-order valence-corrected chi connectivity index (χ4v) is 2.03. The van der Waals surface area contributed by atoms with Crippen molar-refractivity contribution in [1.82, 2.24) is 5.32 Å². The Balaban J connectivity index is 0. The Kier molecular flexibility index (Phi) is 18.4. The van der Waals surface area contributed by atoms with Gasteiger partial charge in [0.05, 0.1) is 7.18 Å². The number of halogens is 1. The van der Waals surface area contributed by atoms with Crippen LogP contribution in [0.3, 0.4) is 0 Å². The molecule has 1 N–H and O–H groups in total. The van der Waals surface area contributed by atoms with E-state index in [0.29, 0.717) is 7.18 Å². The highest BCUT2D eigenvalue weighted by Gasteiger charge is 2.12. The van der Waals surface area contributed by atoms with Crippen LogP contribution >= 0.6 is 0 Å². The molecular formula is C17H32FN. The van der Waals surface area contributed by atoms with Crippen molar-refractivity contribution in [3.63, 3.8) is 0 Å². The Morgan fingerprint density at radius 2 is 1.42 bits per heavy atom. The van der Waals surface area contributed by atoms with E-state index in [2.05, 4.69) is 35.6 Å². The van der Waals surface area contributed by atoms with E-state index in [4.69, 9.17) is 0 Å². The second-order valence-electron chi connectivity index (χ2n) is 3.88. The van der Waals surface area contributed by atoms with Crippen LogP contribution in [-0.4, -0.2) is 20.3 Å². The van der Waals surface area contributed by atoms with E-state index in [-0.39, 0.29) is 0 Å². The minimum Gasteiger partial charge on any atom is -0.317 e. The molecule has 0 spiro atoms. The minimum atomic E-state index is 0.500. The maximum atomic E-state index is 9.50. The first-order valence-electron chi connectivity index (χ1n) is 7.57. The average Bonchev–Trinajstić information content (AvgIpc) is 2.55. The number of hydrogen-bond acceptors (Lipinski definition) is 1. The molecule has 1 aliphatic heterocycles. The molecule has 2 heteroatoms. The first-order valence-corrected chi connectivity index (χ1v) is 7.57. The predicted molar refractivity (Wildman–Crippen MR) is 85.5 cm³/mol. The van der Waals surface area contributed by atoms with E-state index >= 15 is 0 Å². The third-order valence-electron chi connectivity index (χ3n) is 2.83. The zero-order valence-electron chi connectivity index (χ0n) is 13.4. The fourth-order valence-electron chi connectivity index (χ4n) is 2.03. The van der Waals surface area contributed by atoms with Gasteiger partial charge in [-0.15, -0.1) is 0 Å². The van der Waals surface area contributed by atoms with Gasteiger partial charge in [-0.25, -0.2) is 0 Å². The minimum absolute atomic E-state index is 0.500. The molecule has 1 heterocycles. The van der Waals surface area contributed by atoms with Gasteiger partial charge in [-0.05, 0) is 43.8 Å². The van der Waals surface area contributed by atoms with Gasteiger partial charge in [0.2, 0.25) is 0 Å². The largest absolute Gasteiger partial charge is 0.317 e. The van der Waals surface area contributed by atoms with Gasteiger partial charge in [-0.3, -0.25) is 4.39 Å². The molecule has 0 bridgehead atoms. The van der Waals surface area contributed by atoms with Crippen LogP contribution in [0.5, 0.6) is 0 Å². The summed E-state index contributed by atoms with van der Waals surface area (Å²) in [6.07, 6.45) is 3.95. The van der Waals surface area contributed by atoms with Crippen molar-refractivity contribution in [3.8, 4) is 0 Å². The average molecular weight is 269 g/mol. The smallest absolute Gasteiger partial charge is 0.0785 e. The Labute approximate surface area is 119 Å². The first kappa shape index (κ1) is 20.4. The van der Waals surface area contributed by atoms with Crippen molar-refractivity contribution in [2.45, 2.75) is 47.0 Å². The molecule has 19 heavy (non-hydrogen) atoms. The highest BCUT2D eigenvalue weighted by Crippen LogP contribution is 2.17. The van der Waals surface area contributed by atoms with Crippen molar-refractivity contribution < 1.29 is 4.39 Å². The third-order valence-corrected chi connectivity index (χ3v) is 2.83. The van der Waals surface area contributed by atoms with Crippen LogP contribution in [-0.2, 0) is 6.42 Å². The molecule has 0 aromatic heterocycles. The molecule has 1 nitrogen and oxygen atoms in total. The van der Waals surface area contributed by atoms with Gasteiger partial charge in [0, 0.05) is 0 Å². The summed E-state index contributed by atoms with van der Waals surface area (Å²) in [5.74, 6) is 0.906. The summed E-state index contributed by atoms with van der Waals surface area (Å²) in [4.78, 5) is 0. The highest BCUT2D eigenvalue weighted by atomic mass is 19.1. The summed E-state index contributed by atoms with van der Waals surface area (Å²) in [6.45, 7) is 10.4. The van der Waals surface area contributed by atoms with Crippen LogP contribution < -0.4 is 5.32 Å². The van der Waals surface area contributed by atoms with Gasteiger partial charge in [-0.1, -0.05) is 58.0 Å². The van der Waals surface area contributed by atoms with Gasteiger partial charge < -0.3 is 5.32 Å². The maximum absolute atomic E-state index is 9.50. The molecule has 0 saturated carbocycles. The molecule has 1 saturated heterocycles. The molecule has 0 aliphatic carbocycles. The molecule has 1 aromatic rings. The number of nitrogens with one attached hydrogen (secondary N) is 1. The Hall–Kier alpha value is -0.890. The van der Waals surface area contributed by atoms with Crippen molar-refractivity contribution in [2.24, 2.45) is 5.92 Å². The van der Waals surface area contributed by atoms with Crippen LogP contribution in [0.4, 0.5) is 4.39 Å². The normalized spacial score (nSPS) is 13.8. The predicted octanol–water partition coefficient (Wildman–Crippen LogP) is 4.87. The summed E-state index contributed by atoms with van der Waals surface area (Å²) >= 11 is 0. The molecule has 0 atom stereocenters. The van der Waals surface area contributed by atoms with E-state index in [0.717, 1.165) is 5.92 Å². The zero-order chi connectivity index (χ0) is 14.9. The molecule has 1 fully saturated rings. The van der Waals surface area contributed by atoms with Gasteiger partial charge in [-0.2, -0.15) is 0 Å². The second kappa shape index (κ2) is 17.1. The molecule has 0 amide bonds. The number of alkyl halides is 1. The topological polar surface area (TPSA) is 12.0 Å². The molecule has 2 rings (SSSR count). The molecule has 112 valence electrons. The summed E-state index contributed by atoms with van der Waals surface area (Å²) in [5.41, 5.74) is 1.49. The number of hydrogen-bond donors (Lipinski definition) is 1. The number of rotatable bonds is 2. The van der Waals surface area contributed by atoms with Crippen LogP contribution in [0.15, 0.2) is 30.3 Å². The third kappa shape index (κ3) is 10.7. The summed E-state index contributed by atoms with van der Waals surface area (Å²) in [7, 11) is 0.500. The van der Waals surface area contributed by atoms with Crippen molar-refractivity contribution in [3.05, 3.63) is 35.9 Å². The lowest BCUT2D eigenvalue weighted by molar-refractivity contribution is 0.372. The van der Waals surface area contributed by atoms with Gasteiger partial charge >= 0.3 is 0 Å². The van der Waals surface area contributed by atoms with E-state index in [9.17, 15) is 4.39 Å². The number of benzene rings is 1. The molecule has 0 radical (unpaired) electrons. The van der Waals surface area contributed by atoms with Gasteiger partial charge in [0.1, 0.15) is 0 Å². The molecule has 1 aromatic carbocycles. The first-order chi connectivity index (χ1) is 9.45. The summed E-state index contributed by atoms with van der Waals surface area (Å²) < 4.78 is 9.50. The van der Waals surface area contributed by atoms with E-state index < -0.39 is 0 Å².